The predicted molar refractivity (Wildman–Crippen MR) is 71.7 cm³/mol. The molecule has 1 heterocycles. The molecule has 106 valence electrons. The van der Waals surface area contributed by atoms with Crippen LogP contribution in [0.15, 0.2) is 29.6 Å². The zero-order valence-corrected chi connectivity index (χ0v) is 11.7. The van der Waals surface area contributed by atoms with Gasteiger partial charge in [0.2, 0.25) is 0 Å². The van der Waals surface area contributed by atoms with Crippen molar-refractivity contribution in [2.75, 3.05) is 0 Å². The summed E-state index contributed by atoms with van der Waals surface area (Å²) in [6.07, 6.45) is -4.39. The van der Waals surface area contributed by atoms with Gasteiger partial charge in [-0.1, -0.05) is 26.0 Å². The zero-order valence-electron chi connectivity index (χ0n) is 10.9. The monoisotopic (exact) mass is 299 g/mol. The maximum absolute atomic E-state index is 12.7. The Morgan fingerprint density at radius 3 is 2.60 bits per heavy atom. The Labute approximate surface area is 118 Å². The van der Waals surface area contributed by atoms with Crippen LogP contribution in [0.2, 0.25) is 0 Å². The lowest BCUT2D eigenvalue weighted by Crippen LogP contribution is -2.06. The van der Waals surface area contributed by atoms with Gasteiger partial charge < -0.3 is 0 Å². The van der Waals surface area contributed by atoms with Crippen molar-refractivity contribution in [3.05, 3.63) is 40.2 Å². The lowest BCUT2D eigenvalue weighted by molar-refractivity contribution is -0.137. The van der Waals surface area contributed by atoms with Gasteiger partial charge in [-0.05, 0) is 12.1 Å². The smallest absolute Gasteiger partial charge is 0.291 e. The fourth-order valence-corrected chi connectivity index (χ4v) is 2.54. The number of rotatable bonds is 3. The summed E-state index contributed by atoms with van der Waals surface area (Å²) >= 11 is 1.15. The van der Waals surface area contributed by atoms with E-state index in [1.807, 2.05) is 0 Å². The molecule has 0 saturated heterocycles. The molecular formula is C14H12F3NOS. The molecule has 0 aliphatic heterocycles. The van der Waals surface area contributed by atoms with Gasteiger partial charge in [0.25, 0.3) is 0 Å². The van der Waals surface area contributed by atoms with Crippen LogP contribution in [0.4, 0.5) is 13.2 Å². The van der Waals surface area contributed by atoms with E-state index in [0.717, 1.165) is 23.5 Å². The van der Waals surface area contributed by atoms with E-state index < -0.39 is 11.7 Å². The molecule has 0 spiro atoms. The second-order valence-electron chi connectivity index (χ2n) is 4.64. The van der Waals surface area contributed by atoms with Gasteiger partial charge in [-0.2, -0.15) is 13.2 Å². The van der Waals surface area contributed by atoms with Crippen LogP contribution >= 0.6 is 11.3 Å². The summed E-state index contributed by atoms with van der Waals surface area (Å²) in [5.41, 5.74) is 0.0312. The fourth-order valence-electron chi connectivity index (χ4n) is 1.62. The predicted octanol–water partition coefficient (Wildman–Crippen LogP) is 4.67. The summed E-state index contributed by atoms with van der Waals surface area (Å²) in [6.45, 7) is 3.52. The Morgan fingerprint density at radius 1 is 1.30 bits per heavy atom. The minimum atomic E-state index is -4.39. The van der Waals surface area contributed by atoms with Gasteiger partial charge in [0, 0.05) is 16.9 Å². The fraction of sp³-hybridized carbons (Fsp3) is 0.286. The van der Waals surface area contributed by atoms with E-state index in [4.69, 9.17) is 0 Å². The molecule has 0 aliphatic carbocycles. The number of Topliss-reactive ketones (excluding diaryl/α,β-unsaturated/α-hetero) is 1. The Hall–Kier alpha value is -1.69. The SMILES string of the molecule is CC(C)C(=O)c1nc(-c2cccc(C(F)(F)F)c2)cs1. The van der Waals surface area contributed by atoms with E-state index in [2.05, 4.69) is 4.98 Å². The lowest BCUT2D eigenvalue weighted by atomic mass is 10.1. The number of aromatic nitrogens is 1. The molecule has 1 aromatic heterocycles. The minimum absolute atomic E-state index is 0.103. The molecule has 0 amide bonds. The number of carbonyl (C=O) groups excluding carboxylic acids is 1. The number of thiazole rings is 1. The molecule has 0 bridgehead atoms. The van der Waals surface area contributed by atoms with E-state index in [9.17, 15) is 18.0 Å². The van der Waals surface area contributed by atoms with Crippen molar-refractivity contribution in [3.63, 3.8) is 0 Å². The van der Waals surface area contributed by atoms with Crippen molar-refractivity contribution < 1.29 is 18.0 Å². The molecule has 1 aromatic carbocycles. The summed E-state index contributed by atoms with van der Waals surface area (Å²) in [5.74, 6) is -0.288. The number of nitrogens with zero attached hydrogens (tertiary/aromatic N) is 1. The topological polar surface area (TPSA) is 30.0 Å². The van der Waals surface area contributed by atoms with Crippen LogP contribution in [0.25, 0.3) is 11.3 Å². The van der Waals surface area contributed by atoms with Crippen LogP contribution in [0, 0.1) is 5.92 Å². The largest absolute Gasteiger partial charge is 0.416 e. The second kappa shape index (κ2) is 5.36. The highest BCUT2D eigenvalue weighted by molar-refractivity contribution is 7.12. The molecule has 20 heavy (non-hydrogen) atoms. The summed E-state index contributed by atoms with van der Waals surface area (Å²) in [6, 6.07) is 4.93. The molecule has 6 heteroatoms. The molecule has 0 fully saturated rings. The molecular weight excluding hydrogens is 287 g/mol. The summed E-state index contributed by atoms with van der Waals surface area (Å²) < 4.78 is 38.0. The molecule has 0 N–H and O–H groups in total. The van der Waals surface area contributed by atoms with Crippen molar-refractivity contribution in [3.8, 4) is 11.3 Å². The van der Waals surface area contributed by atoms with Gasteiger partial charge >= 0.3 is 6.18 Å². The average Bonchev–Trinajstić information content (AvgIpc) is 2.86. The number of hydrogen-bond donors (Lipinski definition) is 0. The van der Waals surface area contributed by atoms with E-state index in [1.165, 1.54) is 6.07 Å². The molecule has 2 nitrogen and oxygen atoms in total. The maximum atomic E-state index is 12.7. The van der Waals surface area contributed by atoms with Gasteiger partial charge in [-0.15, -0.1) is 11.3 Å². The van der Waals surface area contributed by atoms with Gasteiger partial charge in [0.1, 0.15) is 0 Å². The Kier molecular flexibility index (Phi) is 3.94. The normalized spacial score (nSPS) is 11.9. The Morgan fingerprint density at radius 2 is 2.00 bits per heavy atom. The number of carbonyl (C=O) groups is 1. The van der Waals surface area contributed by atoms with Crippen molar-refractivity contribution in [1.82, 2.24) is 4.98 Å². The van der Waals surface area contributed by atoms with Crippen molar-refractivity contribution in [2.45, 2.75) is 20.0 Å². The third-order valence-electron chi connectivity index (χ3n) is 2.73. The lowest BCUT2D eigenvalue weighted by Gasteiger charge is -2.07. The van der Waals surface area contributed by atoms with Crippen LogP contribution in [0.3, 0.4) is 0 Å². The first-order chi connectivity index (χ1) is 9.29. The van der Waals surface area contributed by atoms with Gasteiger partial charge in [-0.25, -0.2) is 4.98 Å². The van der Waals surface area contributed by atoms with E-state index >= 15 is 0 Å². The molecule has 0 unspecified atom stereocenters. The first-order valence-corrected chi connectivity index (χ1v) is 6.84. The van der Waals surface area contributed by atoms with Crippen molar-refractivity contribution >= 4 is 17.1 Å². The molecule has 2 aromatic rings. The summed E-state index contributed by atoms with van der Waals surface area (Å²) in [7, 11) is 0. The van der Waals surface area contributed by atoms with Crippen molar-refractivity contribution in [1.29, 1.82) is 0 Å². The highest BCUT2D eigenvalue weighted by atomic mass is 32.1. The average molecular weight is 299 g/mol. The summed E-state index contributed by atoms with van der Waals surface area (Å²) in [5, 5.41) is 1.93. The third-order valence-corrected chi connectivity index (χ3v) is 3.58. The number of ketones is 1. The number of alkyl halides is 3. The van der Waals surface area contributed by atoms with Gasteiger partial charge in [-0.3, -0.25) is 4.79 Å². The first kappa shape index (κ1) is 14.7. The van der Waals surface area contributed by atoms with Gasteiger partial charge in [0.15, 0.2) is 10.8 Å². The van der Waals surface area contributed by atoms with E-state index in [0.29, 0.717) is 16.3 Å². The number of hydrogen-bond acceptors (Lipinski definition) is 3. The number of halogens is 3. The maximum Gasteiger partial charge on any atom is 0.416 e. The Bertz CT molecular complexity index is 631. The zero-order chi connectivity index (χ0) is 14.9. The highest BCUT2D eigenvalue weighted by Crippen LogP contribution is 2.32. The van der Waals surface area contributed by atoms with E-state index in [-0.39, 0.29) is 11.7 Å². The highest BCUT2D eigenvalue weighted by Gasteiger charge is 2.30. The molecule has 0 radical (unpaired) electrons. The first-order valence-electron chi connectivity index (χ1n) is 5.96. The molecule has 0 saturated carbocycles. The number of benzene rings is 1. The molecule has 0 atom stereocenters. The van der Waals surface area contributed by atoms with Gasteiger partial charge in [0.05, 0.1) is 11.3 Å². The van der Waals surface area contributed by atoms with E-state index in [1.54, 1.807) is 25.3 Å². The second-order valence-corrected chi connectivity index (χ2v) is 5.49. The standard InChI is InChI=1S/C14H12F3NOS/c1-8(2)12(19)13-18-11(7-20-13)9-4-3-5-10(6-9)14(15,16)17/h3-8H,1-2H3. The van der Waals surface area contributed by atoms with Crippen molar-refractivity contribution in [2.24, 2.45) is 5.92 Å². The quantitative estimate of drug-likeness (QED) is 0.771. The van der Waals surface area contributed by atoms with Crippen LogP contribution in [-0.2, 0) is 6.18 Å². The minimum Gasteiger partial charge on any atom is -0.291 e. The van der Waals surface area contributed by atoms with Crippen LogP contribution in [0.5, 0.6) is 0 Å². The van der Waals surface area contributed by atoms with Crippen LogP contribution in [0.1, 0.15) is 29.2 Å². The molecule has 0 aliphatic rings. The third kappa shape index (κ3) is 3.07. The van der Waals surface area contributed by atoms with Crippen LogP contribution in [-0.4, -0.2) is 10.8 Å². The Balaban J connectivity index is 2.36. The summed E-state index contributed by atoms with van der Waals surface area (Å²) in [4.78, 5) is 15.9. The van der Waals surface area contributed by atoms with Crippen LogP contribution < -0.4 is 0 Å². The molecule has 2 rings (SSSR count).